The summed E-state index contributed by atoms with van der Waals surface area (Å²) in [7, 11) is 0. The smallest absolute Gasteiger partial charge is 0.308 e. The Balaban J connectivity index is 1.08. The highest BCUT2D eigenvalue weighted by molar-refractivity contribution is 9.10. The predicted molar refractivity (Wildman–Crippen MR) is 133 cm³/mol. The van der Waals surface area contributed by atoms with Gasteiger partial charge in [-0.05, 0) is 67.3 Å². The zero-order chi connectivity index (χ0) is 24.4. The minimum Gasteiger partial charge on any atom is -0.451 e. The first-order chi connectivity index (χ1) is 16.9. The molecule has 1 aliphatic heterocycles. The van der Waals surface area contributed by atoms with E-state index in [0.29, 0.717) is 36.1 Å². The van der Waals surface area contributed by atoms with Crippen LogP contribution in [0.4, 0.5) is 0 Å². The minimum absolute atomic E-state index is 0.0697. The highest BCUT2D eigenvalue weighted by Gasteiger charge is 2.24. The summed E-state index contributed by atoms with van der Waals surface area (Å²) in [5, 5.41) is 13.9. The molecule has 5 rings (SSSR count). The molecule has 1 fully saturated rings. The van der Waals surface area contributed by atoms with Crippen LogP contribution >= 0.6 is 27.5 Å². The molecular formula is C24H21BrClN5O4. The van der Waals surface area contributed by atoms with Gasteiger partial charge in [-0.25, -0.2) is 5.01 Å². The van der Waals surface area contributed by atoms with Gasteiger partial charge in [0.25, 0.3) is 0 Å². The lowest BCUT2D eigenvalue weighted by Gasteiger charge is -2.31. The van der Waals surface area contributed by atoms with Crippen LogP contribution in [0.3, 0.4) is 0 Å². The van der Waals surface area contributed by atoms with E-state index in [-0.39, 0.29) is 23.5 Å². The van der Waals surface area contributed by atoms with E-state index >= 15 is 0 Å². The van der Waals surface area contributed by atoms with E-state index in [1.165, 1.54) is 0 Å². The van der Waals surface area contributed by atoms with Crippen molar-refractivity contribution in [2.45, 2.75) is 12.8 Å². The molecule has 0 spiro atoms. The molecule has 1 saturated heterocycles. The van der Waals surface area contributed by atoms with Gasteiger partial charge in [-0.2, -0.15) is 0 Å². The van der Waals surface area contributed by atoms with E-state index < -0.39 is 5.91 Å². The topological polar surface area (TPSA) is 114 Å². The van der Waals surface area contributed by atoms with Crippen molar-refractivity contribution in [3.05, 3.63) is 69.7 Å². The molecule has 2 amide bonds. The van der Waals surface area contributed by atoms with Gasteiger partial charge in [-0.3, -0.25) is 15.0 Å². The molecule has 0 unspecified atom stereocenters. The molecule has 11 heteroatoms. The number of rotatable bonds is 6. The third-order valence-corrected chi connectivity index (χ3v) is 6.60. The molecule has 4 aromatic rings. The maximum atomic E-state index is 12.6. The van der Waals surface area contributed by atoms with Gasteiger partial charge >= 0.3 is 17.7 Å². The number of aromatic nitrogens is 2. The largest absolute Gasteiger partial charge is 0.451 e. The van der Waals surface area contributed by atoms with Crippen molar-refractivity contribution in [1.82, 2.24) is 25.9 Å². The lowest BCUT2D eigenvalue weighted by molar-refractivity contribution is 0.0673. The van der Waals surface area contributed by atoms with Gasteiger partial charge in [-0.15, -0.1) is 10.2 Å². The molecule has 180 valence electrons. The Bertz CT molecular complexity index is 1360. The van der Waals surface area contributed by atoms with Crippen LogP contribution in [0, 0.1) is 5.92 Å². The number of nitrogens with zero attached hydrogens (tertiary/aromatic N) is 3. The number of fused-ring (bicyclic) bond motifs is 1. The maximum Gasteiger partial charge on any atom is 0.308 e. The number of halogens is 2. The van der Waals surface area contributed by atoms with Crippen molar-refractivity contribution in [1.29, 1.82) is 0 Å². The highest BCUT2D eigenvalue weighted by Crippen LogP contribution is 2.24. The molecular weight excluding hydrogens is 538 g/mol. The standard InChI is InChI=1S/C24H21BrClN5O4/c25-17-3-1-15(2-4-17)23-28-29-24(35-23)22(33)27-13-14-7-9-31(10-8-14)30-21(32)20-12-16-11-18(26)5-6-19(16)34-20/h1-6,11-12,14H,7-10,13H2,(H,27,33)(H,30,32). The van der Waals surface area contributed by atoms with Gasteiger partial charge in [-0.1, -0.05) is 27.5 Å². The van der Waals surface area contributed by atoms with E-state index in [4.69, 9.17) is 20.4 Å². The number of hydrogen-bond acceptors (Lipinski definition) is 7. The van der Waals surface area contributed by atoms with Crippen molar-refractivity contribution in [2.75, 3.05) is 19.6 Å². The highest BCUT2D eigenvalue weighted by atomic mass is 79.9. The molecule has 2 aromatic heterocycles. The van der Waals surface area contributed by atoms with E-state index in [0.717, 1.165) is 28.3 Å². The second kappa shape index (κ2) is 10.2. The fourth-order valence-electron chi connectivity index (χ4n) is 3.91. The Morgan fingerprint density at radius 2 is 1.80 bits per heavy atom. The van der Waals surface area contributed by atoms with E-state index in [9.17, 15) is 9.59 Å². The minimum atomic E-state index is -0.401. The monoisotopic (exact) mass is 557 g/mol. The summed E-state index contributed by atoms with van der Waals surface area (Å²) in [6.07, 6.45) is 1.62. The summed E-state index contributed by atoms with van der Waals surface area (Å²) < 4.78 is 12.1. The number of hydrazine groups is 1. The third kappa shape index (κ3) is 5.55. The number of nitrogens with one attached hydrogen (secondary N) is 2. The molecule has 0 atom stereocenters. The van der Waals surface area contributed by atoms with Gasteiger partial charge < -0.3 is 14.2 Å². The average molecular weight is 559 g/mol. The Morgan fingerprint density at radius 1 is 1.03 bits per heavy atom. The number of amides is 2. The number of furan rings is 1. The van der Waals surface area contributed by atoms with Gasteiger partial charge in [0.1, 0.15) is 5.58 Å². The van der Waals surface area contributed by atoms with Gasteiger partial charge in [0, 0.05) is 40.1 Å². The average Bonchev–Trinajstić information content (AvgIpc) is 3.51. The Kier molecular flexibility index (Phi) is 6.85. The zero-order valence-electron chi connectivity index (χ0n) is 18.5. The van der Waals surface area contributed by atoms with Crippen LogP contribution in [0.15, 0.2) is 61.8 Å². The van der Waals surface area contributed by atoms with Crippen LogP contribution in [0.5, 0.6) is 0 Å². The van der Waals surface area contributed by atoms with Gasteiger partial charge in [0.2, 0.25) is 5.89 Å². The van der Waals surface area contributed by atoms with Crippen LogP contribution in [-0.4, -0.2) is 46.7 Å². The number of benzene rings is 2. The lowest BCUT2D eigenvalue weighted by Crippen LogP contribution is -2.47. The normalized spacial score (nSPS) is 14.8. The summed E-state index contributed by atoms with van der Waals surface area (Å²) >= 11 is 9.37. The number of carbonyl (C=O) groups excluding carboxylic acids is 2. The summed E-state index contributed by atoms with van der Waals surface area (Å²) in [6, 6.07) is 14.3. The molecule has 2 N–H and O–H groups in total. The SMILES string of the molecule is O=C(NN1CCC(CNC(=O)c2nnc(-c3ccc(Br)cc3)o2)CC1)c1cc2cc(Cl)ccc2o1. The van der Waals surface area contributed by atoms with E-state index in [1.807, 2.05) is 29.3 Å². The maximum absolute atomic E-state index is 12.6. The van der Waals surface area contributed by atoms with Crippen LogP contribution < -0.4 is 10.7 Å². The van der Waals surface area contributed by atoms with Gasteiger partial charge in [0.15, 0.2) is 5.76 Å². The molecule has 0 saturated carbocycles. The fraction of sp³-hybridized carbons (Fsp3) is 0.250. The first kappa shape index (κ1) is 23.5. The molecule has 9 nitrogen and oxygen atoms in total. The number of carbonyl (C=O) groups is 2. The summed E-state index contributed by atoms with van der Waals surface area (Å²) in [5.74, 6) is 0.0237. The Labute approximate surface area is 213 Å². The van der Waals surface area contributed by atoms with E-state index in [2.05, 4.69) is 36.9 Å². The van der Waals surface area contributed by atoms with Crippen LogP contribution in [0.2, 0.25) is 5.02 Å². The quantitative estimate of drug-likeness (QED) is 0.353. The number of hydrogen-bond donors (Lipinski definition) is 2. The van der Waals surface area contributed by atoms with Crippen molar-refractivity contribution >= 4 is 50.3 Å². The van der Waals surface area contributed by atoms with Gasteiger partial charge in [0.05, 0.1) is 0 Å². The summed E-state index contributed by atoms with van der Waals surface area (Å²) in [6.45, 7) is 1.81. The van der Waals surface area contributed by atoms with Crippen LogP contribution in [0.25, 0.3) is 22.4 Å². The second-order valence-electron chi connectivity index (χ2n) is 8.29. The van der Waals surface area contributed by atoms with Crippen LogP contribution in [0.1, 0.15) is 34.1 Å². The summed E-state index contributed by atoms with van der Waals surface area (Å²) in [5.41, 5.74) is 4.23. The van der Waals surface area contributed by atoms with Crippen molar-refractivity contribution in [2.24, 2.45) is 5.92 Å². The van der Waals surface area contributed by atoms with Crippen molar-refractivity contribution < 1.29 is 18.4 Å². The Hall–Kier alpha value is -3.21. The molecule has 0 bridgehead atoms. The second-order valence-corrected chi connectivity index (χ2v) is 9.65. The molecule has 1 aliphatic rings. The summed E-state index contributed by atoms with van der Waals surface area (Å²) in [4.78, 5) is 25.0. The zero-order valence-corrected chi connectivity index (χ0v) is 20.8. The predicted octanol–water partition coefficient (Wildman–Crippen LogP) is 4.69. The van der Waals surface area contributed by atoms with E-state index in [1.54, 1.807) is 24.3 Å². The first-order valence-corrected chi connectivity index (χ1v) is 12.2. The van der Waals surface area contributed by atoms with Crippen molar-refractivity contribution in [3.63, 3.8) is 0 Å². The fourth-order valence-corrected chi connectivity index (χ4v) is 4.36. The van der Waals surface area contributed by atoms with Crippen LogP contribution in [-0.2, 0) is 0 Å². The molecule has 2 aromatic carbocycles. The number of piperidine rings is 1. The first-order valence-electron chi connectivity index (χ1n) is 11.1. The molecule has 3 heterocycles. The lowest BCUT2D eigenvalue weighted by atomic mass is 9.98. The molecule has 0 radical (unpaired) electrons. The third-order valence-electron chi connectivity index (χ3n) is 5.84. The Morgan fingerprint density at radius 3 is 2.57 bits per heavy atom. The van der Waals surface area contributed by atoms with Crippen molar-refractivity contribution in [3.8, 4) is 11.5 Å². The molecule has 35 heavy (non-hydrogen) atoms. The molecule has 0 aliphatic carbocycles.